The smallest absolute Gasteiger partial charge is 0.223 e. The molecular weight excluding hydrogens is 228 g/mol. The van der Waals surface area contributed by atoms with Gasteiger partial charge in [0.15, 0.2) is 0 Å². The predicted molar refractivity (Wildman–Crippen MR) is 70.9 cm³/mol. The summed E-state index contributed by atoms with van der Waals surface area (Å²) in [6, 6.07) is 0.300. The summed E-state index contributed by atoms with van der Waals surface area (Å²) in [4.78, 5) is 12.0. The Bertz CT molecular complexity index is 267. The number of carbonyl (C=O) groups is 1. The van der Waals surface area contributed by atoms with Crippen LogP contribution in [0, 0.1) is 11.8 Å². The van der Waals surface area contributed by atoms with Crippen LogP contribution in [0.3, 0.4) is 0 Å². The van der Waals surface area contributed by atoms with Crippen molar-refractivity contribution in [3.8, 4) is 0 Å². The van der Waals surface area contributed by atoms with E-state index in [1.165, 1.54) is 0 Å². The monoisotopic (exact) mass is 254 g/mol. The third-order valence-corrected chi connectivity index (χ3v) is 4.52. The fraction of sp³-hybridized carbons (Fsp3) is 0.929. The minimum atomic E-state index is -0.114. The summed E-state index contributed by atoms with van der Waals surface area (Å²) in [5.41, 5.74) is 5.85. The first-order chi connectivity index (χ1) is 8.65. The molecule has 0 heterocycles. The molecule has 0 saturated heterocycles. The molecule has 0 unspecified atom stereocenters. The van der Waals surface area contributed by atoms with Crippen molar-refractivity contribution in [2.45, 2.75) is 63.5 Å². The molecule has 2 rings (SSSR count). The quantitative estimate of drug-likeness (QED) is 0.707. The third-order valence-electron chi connectivity index (χ3n) is 4.52. The van der Waals surface area contributed by atoms with Gasteiger partial charge in [-0.15, -0.1) is 0 Å². The zero-order valence-electron chi connectivity index (χ0n) is 11.1. The van der Waals surface area contributed by atoms with E-state index in [-0.39, 0.29) is 17.9 Å². The molecule has 0 radical (unpaired) electrons. The lowest BCUT2D eigenvalue weighted by molar-refractivity contribution is -0.126. The zero-order valence-corrected chi connectivity index (χ0v) is 11.1. The van der Waals surface area contributed by atoms with Crippen molar-refractivity contribution in [2.75, 3.05) is 6.54 Å². The lowest BCUT2D eigenvalue weighted by Gasteiger charge is -2.28. The average molecular weight is 254 g/mol. The summed E-state index contributed by atoms with van der Waals surface area (Å²) in [5.74, 6) is 0.954. The first-order valence-electron chi connectivity index (χ1n) is 7.36. The first kappa shape index (κ1) is 13.8. The molecule has 0 aliphatic heterocycles. The highest BCUT2D eigenvalue weighted by molar-refractivity contribution is 5.78. The van der Waals surface area contributed by atoms with E-state index in [1.54, 1.807) is 0 Å². The van der Waals surface area contributed by atoms with Crippen LogP contribution in [-0.4, -0.2) is 29.7 Å². The van der Waals surface area contributed by atoms with E-state index in [9.17, 15) is 9.90 Å². The van der Waals surface area contributed by atoms with Crippen molar-refractivity contribution in [1.82, 2.24) is 5.32 Å². The number of aliphatic hydroxyl groups is 1. The predicted octanol–water partition coefficient (Wildman–Crippen LogP) is 1.17. The molecule has 0 spiro atoms. The largest absolute Gasteiger partial charge is 0.393 e. The van der Waals surface area contributed by atoms with Gasteiger partial charge in [-0.2, -0.15) is 0 Å². The number of rotatable bonds is 3. The molecule has 4 nitrogen and oxygen atoms in total. The maximum Gasteiger partial charge on any atom is 0.223 e. The Balaban J connectivity index is 1.65. The van der Waals surface area contributed by atoms with E-state index in [0.29, 0.717) is 12.0 Å². The molecule has 4 heteroatoms. The van der Waals surface area contributed by atoms with E-state index in [0.717, 1.165) is 57.9 Å². The number of hydrogen-bond donors (Lipinski definition) is 3. The van der Waals surface area contributed by atoms with E-state index in [1.807, 2.05) is 0 Å². The van der Waals surface area contributed by atoms with Crippen LogP contribution in [0.1, 0.15) is 51.4 Å². The molecular formula is C14H26N2O2. The van der Waals surface area contributed by atoms with Crippen molar-refractivity contribution in [3.63, 3.8) is 0 Å². The van der Waals surface area contributed by atoms with Crippen LogP contribution in [0.2, 0.25) is 0 Å². The molecule has 2 fully saturated rings. The summed E-state index contributed by atoms with van der Waals surface area (Å²) < 4.78 is 0. The summed E-state index contributed by atoms with van der Waals surface area (Å²) in [7, 11) is 0. The highest BCUT2D eigenvalue weighted by atomic mass is 16.3. The number of hydrogen-bond acceptors (Lipinski definition) is 3. The molecule has 2 aliphatic carbocycles. The first-order valence-corrected chi connectivity index (χ1v) is 7.36. The maximum atomic E-state index is 12.0. The molecule has 0 aromatic carbocycles. The molecule has 0 bridgehead atoms. The standard InChI is InChI=1S/C14H26N2O2/c15-12-5-3-11(4-6-12)14(18)16-9-10-1-7-13(17)8-2-10/h10-13,17H,1-9,15H2,(H,16,18). The second kappa shape index (κ2) is 6.53. The second-order valence-corrected chi connectivity index (χ2v) is 6.03. The maximum absolute atomic E-state index is 12.0. The van der Waals surface area contributed by atoms with Crippen LogP contribution in [0.4, 0.5) is 0 Å². The van der Waals surface area contributed by atoms with E-state index >= 15 is 0 Å². The molecule has 18 heavy (non-hydrogen) atoms. The summed E-state index contributed by atoms with van der Waals surface area (Å²) in [6.45, 7) is 0.786. The number of aliphatic hydroxyl groups excluding tert-OH is 1. The van der Waals surface area contributed by atoms with Crippen LogP contribution in [-0.2, 0) is 4.79 Å². The highest BCUT2D eigenvalue weighted by Crippen LogP contribution is 2.25. The van der Waals surface area contributed by atoms with Gasteiger partial charge in [0.25, 0.3) is 0 Å². The number of nitrogens with two attached hydrogens (primary N) is 1. The second-order valence-electron chi connectivity index (χ2n) is 6.03. The van der Waals surface area contributed by atoms with E-state index < -0.39 is 0 Å². The zero-order chi connectivity index (χ0) is 13.0. The fourth-order valence-corrected chi connectivity index (χ4v) is 3.12. The fourth-order valence-electron chi connectivity index (χ4n) is 3.12. The average Bonchev–Trinajstić information content (AvgIpc) is 2.38. The molecule has 2 saturated carbocycles. The van der Waals surface area contributed by atoms with Gasteiger partial charge >= 0.3 is 0 Å². The van der Waals surface area contributed by atoms with E-state index in [4.69, 9.17) is 5.73 Å². The number of carbonyl (C=O) groups excluding carboxylic acids is 1. The van der Waals surface area contributed by atoms with Gasteiger partial charge in [0.05, 0.1) is 6.10 Å². The van der Waals surface area contributed by atoms with Crippen molar-refractivity contribution in [2.24, 2.45) is 17.6 Å². The Morgan fingerprint density at radius 1 is 1.06 bits per heavy atom. The van der Waals surface area contributed by atoms with Crippen LogP contribution >= 0.6 is 0 Å². The topological polar surface area (TPSA) is 75.4 Å². The van der Waals surface area contributed by atoms with Crippen LogP contribution < -0.4 is 11.1 Å². The summed E-state index contributed by atoms with van der Waals surface area (Å²) in [6.07, 6.45) is 7.58. The Kier molecular flexibility index (Phi) is 5.01. The molecule has 104 valence electrons. The SMILES string of the molecule is NC1CCC(C(=O)NCC2CCC(O)CC2)CC1. The van der Waals surface area contributed by atoms with Gasteiger partial charge in [-0.3, -0.25) is 4.79 Å². The summed E-state index contributed by atoms with van der Waals surface area (Å²) in [5, 5.41) is 12.5. The van der Waals surface area contributed by atoms with Crippen molar-refractivity contribution in [1.29, 1.82) is 0 Å². The van der Waals surface area contributed by atoms with Gasteiger partial charge in [0.2, 0.25) is 5.91 Å². The van der Waals surface area contributed by atoms with Gasteiger partial charge in [-0.1, -0.05) is 0 Å². The number of amides is 1. The van der Waals surface area contributed by atoms with Crippen LogP contribution in [0.5, 0.6) is 0 Å². The minimum Gasteiger partial charge on any atom is -0.393 e. The van der Waals surface area contributed by atoms with Gasteiger partial charge in [-0.05, 0) is 57.3 Å². The minimum absolute atomic E-state index is 0.114. The molecule has 4 N–H and O–H groups in total. The lowest BCUT2D eigenvalue weighted by atomic mass is 9.85. The van der Waals surface area contributed by atoms with Gasteiger partial charge in [-0.25, -0.2) is 0 Å². The van der Waals surface area contributed by atoms with Crippen molar-refractivity contribution in [3.05, 3.63) is 0 Å². The van der Waals surface area contributed by atoms with Gasteiger partial charge in [0, 0.05) is 18.5 Å². The Morgan fingerprint density at radius 2 is 1.67 bits per heavy atom. The van der Waals surface area contributed by atoms with Gasteiger partial charge in [0.1, 0.15) is 0 Å². The highest BCUT2D eigenvalue weighted by Gasteiger charge is 2.25. The van der Waals surface area contributed by atoms with Crippen molar-refractivity contribution < 1.29 is 9.90 Å². The lowest BCUT2D eigenvalue weighted by Crippen LogP contribution is -2.39. The normalized spacial score (nSPS) is 37.2. The van der Waals surface area contributed by atoms with E-state index in [2.05, 4.69) is 5.32 Å². The molecule has 1 amide bonds. The molecule has 2 aliphatic rings. The molecule has 0 aromatic heterocycles. The summed E-state index contributed by atoms with van der Waals surface area (Å²) >= 11 is 0. The Labute approximate surface area is 109 Å². The van der Waals surface area contributed by atoms with Crippen LogP contribution in [0.25, 0.3) is 0 Å². The number of nitrogens with one attached hydrogen (secondary N) is 1. The van der Waals surface area contributed by atoms with Crippen molar-refractivity contribution >= 4 is 5.91 Å². The third kappa shape index (κ3) is 3.95. The van der Waals surface area contributed by atoms with Crippen LogP contribution in [0.15, 0.2) is 0 Å². The Hall–Kier alpha value is -0.610. The van der Waals surface area contributed by atoms with Gasteiger partial charge < -0.3 is 16.2 Å². The molecule has 0 aromatic rings. The molecule has 0 atom stereocenters. The Morgan fingerprint density at radius 3 is 2.28 bits per heavy atom.